The van der Waals surface area contributed by atoms with Crippen molar-refractivity contribution in [1.82, 2.24) is 15.0 Å². The lowest BCUT2D eigenvalue weighted by Crippen LogP contribution is -2.15. The number of benzene rings is 2. The fourth-order valence-corrected chi connectivity index (χ4v) is 2.84. The van der Waals surface area contributed by atoms with Gasteiger partial charge in [-0.3, -0.25) is 4.79 Å². The molecular weight excluding hydrogens is 438 g/mol. The zero-order valence-corrected chi connectivity index (χ0v) is 15.6. The molecule has 3 aromatic rings. The number of carbonyl (C=O) groups excluding carboxylic acids is 1. The van der Waals surface area contributed by atoms with Crippen LogP contribution in [-0.2, 0) is 6.54 Å². The minimum absolute atomic E-state index is 0.105. The van der Waals surface area contributed by atoms with Crippen LogP contribution >= 0.6 is 31.9 Å². The van der Waals surface area contributed by atoms with Crippen LogP contribution in [0.15, 0.2) is 57.5 Å². The molecule has 0 aliphatic heterocycles. The first-order chi connectivity index (χ1) is 11.5. The number of anilines is 2. The zero-order valence-electron chi connectivity index (χ0n) is 12.4. The third kappa shape index (κ3) is 3.82. The number of rotatable bonds is 4. The lowest BCUT2D eigenvalue weighted by Gasteiger charge is -2.05. The molecule has 0 atom stereocenters. The standard InChI is InChI=1S/C16H13Br2N5O/c17-11-4-6-13(7-5-11)20-16(24)14-15(19)23(22-21-14)9-10-2-1-3-12(18)8-10/h1-8H,9,19H2,(H,20,24). The number of nitrogens with one attached hydrogen (secondary N) is 1. The van der Waals surface area contributed by atoms with E-state index in [1.165, 1.54) is 4.68 Å². The molecule has 1 amide bonds. The van der Waals surface area contributed by atoms with Crippen LogP contribution in [-0.4, -0.2) is 20.9 Å². The van der Waals surface area contributed by atoms with E-state index < -0.39 is 5.91 Å². The number of halogens is 2. The Hall–Kier alpha value is -2.19. The molecule has 1 heterocycles. The van der Waals surface area contributed by atoms with E-state index in [0.717, 1.165) is 14.5 Å². The Morgan fingerprint density at radius 3 is 2.58 bits per heavy atom. The molecular formula is C16H13Br2N5O. The van der Waals surface area contributed by atoms with E-state index in [-0.39, 0.29) is 11.5 Å². The van der Waals surface area contributed by atoms with Gasteiger partial charge >= 0.3 is 0 Å². The van der Waals surface area contributed by atoms with Gasteiger partial charge in [-0.25, -0.2) is 4.68 Å². The Morgan fingerprint density at radius 1 is 1.12 bits per heavy atom. The Bertz CT molecular complexity index is 876. The lowest BCUT2D eigenvalue weighted by molar-refractivity contribution is 0.102. The van der Waals surface area contributed by atoms with Gasteiger partial charge in [-0.05, 0) is 42.0 Å². The summed E-state index contributed by atoms with van der Waals surface area (Å²) in [5, 5.41) is 10.6. The van der Waals surface area contributed by atoms with Gasteiger partial charge in [-0.1, -0.05) is 49.2 Å². The first-order valence-electron chi connectivity index (χ1n) is 7.03. The van der Waals surface area contributed by atoms with Gasteiger partial charge < -0.3 is 11.1 Å². The summed E-state index contributed by atoms with van der Waals surface area (Å²) in [6.45, 7) is 0.434. The first-order valence-corrected chi connectivity index (χ1v) is 8.62. The Morgan fingerprint density at radius 2 is 1.88 bits per heavy atom. The topological polar surface area (TPSA) is 85.8 Å². The molecule has 0 spiro atoms. The van der Waals surface area contributed by atoms with Crippen molar-refractivity contribution in [2.75, 3.05) is 11.1 Å². The predicted molar refractivity (Wildman–Crippen MR) is 99.8 cm³/mol. The third-order valence-electron chi connectivity index (χ3n) is 3.31. The number of nitrogens with two attached hydrogens (primary N) is 1. The molecule has 0 bridgehead atoms. The van der Waals surface area contributed by atoms with Gasteiger partial charge in [0.15, 0.2) is 11.5 Å². The van der Waals surface area contributed by atoms with Crippen LogP contribution in [0, 0.1) is 0 Å². The van der Waals surface area contributed by atoms with Gasteiger partial charge in [0.1, 0.15) is 0 Å². The molecule has 3 N–H and O–H groups in total. The second kappa shape index (κ2) is 7.14. The van der Waals surface area contributed by atoms with Gasteiger partial charge in [0.05, 0.1) is 6.54 Å². The largest absolute Gasteiger partial charge is 0.382 e. The number of hydrogen-bond acceptors (Lipinski definition) is 4. The lowest BCUT2D eigenvalue weighted by atomic mass is 10.2. The highest BCUT2D eigenvalue weighted by atomic mass is 79.9. The molecule has 3 rings (SSSR count). The van der Waals surface area contributed by atoms with Crippen LogP contribution < -0.4 is 11.1 Å². The maximum atomic E-state index is 12.3. The molecule has 2 aromatic carbocycles. The summed E-state index contributed by atoms with van der Waals surface area (Å²) in [7, 11) is 0. The van der Waals surface area contributed by atoms with E-state index in [9.17, 15) is 4.79 Å². The molecule has 0 fully saturated rings. The second-order valence-corrected chi connectivity index (χ2v) is 6.90. The highest BCUT2D eigenvalue weighted by molar-refractivity contribution is 9.10. The molecule has 6 nitrogen and oxygen atoms in total. The highest BCUT2D eigenvalue weighted by Crippen LogP contribution is 2.18. The van der Waals surface area contributed by atoms with Crippen molar-refractivity contribution in [2.24, 2.45) is 0 Å². The van der Waals surface area contributed by atoms with Crippen molar-refractivity contribution >= 4 is 49.3 Å². The summed E-state index contributed by atoms with van der Waals surface area (Å²) < 4.78 is 3.39. The third-order valence-corrected chi connectivity index (χ3v) is 4.33. The molecule has 1 aromatic heterocycles. The molecule has 0 aliphatic rings. The molecule has 8 heteroatoms. The van der Waals surface area contributed by atoms with E-state index in [2.05, 4.69) is 47.5 Å². The van der Waals surface area contributed by atoms with Gasteiger partial charge in [-0.2, -0.15) is 0 Å². The Kier molecular flexibility index (Phi) is 4.96. The summed E-state index contributed by atoms with van der Waals surface area (Å²) in [4.78, 5) is 12.3. The van der Waals surface area contributed by atoms with E-state index in [4.69, 9.17) is 5.73 Å². The van der Waals surface area contributed by atoms with Crippen LogP contribution in [0.1, 0.15) is 16.1 Å². The number of aromatic nitrogens is 3. The first kappa shape index (κ1) is 16.7. The summed E-state index contributed by atoms with van der Waals surface area (Å²) in [6.07, 6.45) is 0. The number of amides is 1. The van der Waals surface area contributed by atoms with Gasteiger partial charge in [0.2, 0.25) is 0 Å². The second-order valence-electron chi connectivity index (χ2n) is 5.07. The fraction of sp³-hybridized carbons (Fsp3) is 0.0625. The van der Waals surface area contributed by atoms with Crippen LogP contribution in [0.2, 0.25) is 0 Å². The number of nitrogen functional groups attached to an aromatic ring is 1. The quantitative estimate of drug-likeness (QED) is 0.634. The van der Waals surface area contributed by atoms with E-state index >= 15 is 0 Å². The normalized spacial score (nSPS) is 10.6. The number of nitrogens with zero attached hydrogens (tertiary/aromatic N) is 3. The minimum atomic E-state index is -0.393. The number of carbonyl (C=O) groups is 1. The van der Waals surface area contributed by atoms with Crippen molar-refractivity contribution in [3.05, 3.63) is 68.7 Å². The Balaban J connectivity index is 1.76. The van der Waals surface area contributed by atoms with Gasteiger partial charge in [0.25, 0.3) is 5.91 Å². The number of hydrogen-bond donors (Lipinski definition) is 2. The zero-order chi connectivity index (χ0) is 17.1. The highest BCUT2D eigenvalue weighted by Gasteiger charge is 2.17. The van der Waals surface area contributed by atoms with E-state index in [1.807, 2.05) is 36.4 Å². The summed E-state index contributed by atoms with van der Waals surface area (Å²) >= 11 is 6.77. The van der Waals surface area contributed by atoms with Crippen LogP contribution in [0.3, 0.4) is 0 Å². The van der Waals surface area contributed by atoms with Crippen molar-refractivity contribution in [3.8, 4) is 0 Å². The summed E-state index contributed by atoms with van der Waals surface area (Å²) in [5.74, 6) is -0.167. The smallest absolute Gasteiger partial charge is 0.280 e. The van der Waals surface area contributed by atoms with Crippen LogP contribution in [0.25, 0.3) is 0 Å². The summed E-state index contributed by atoms with van der Waals surface area (Å²) in [6, 6.07) is 15.0. The SMILES string of the molecule is Nc1c(C(=O)Nc2ccc(Br)cc2)nnn1Cc1cccc(Br)c1. The maximum absolute atomic E-state index is 12.3. The van der Waals surface area contributed by atoms with E-state index in [1.54, 1.807) is 12.1 Å². The van der Waals surface area contributed by atoms with Crippen LogP contribution in [0.4, 0.5) is 11.5 Å². The molecule has 0 aliphatic carbocycles. The monoisotopic (exact) mass is 449 g/mol. The maximum Gasteiger partial charge on any atom is 0.280 e. The van der Waals surface area contributed by atoms with Crippen molar-refractivity contribution < 1.29 is 4.79 Å². The molecule has 0 radical (unpaired) electrons. The average molecular weight is 451 g/mol. The average Bonchev–Trinajstić information content (AvgIpc) is 2.91. The fourth-order valence-electron chi connectivity index (χ4n) is 2.13. The summed E-state index contributed by atoms with van der Waals surface area (Å²) in [5.41, 5.74) is 7.79. The van der Waals surface area contributed by atoms with Crippen molar-refractivity contribution in [2.45, 2.75) is 6.54 Å². The molecule has 0 unspecified atom stereocenters. The Labute approximate surface area is 155 Å². The molecule has 24 heavy (non-hydrogen) atoms. The van der Waals surface area contributed by atoms with Crippen molar-refractivity contribution in [3.63, 3.8) is 0 Å². The van der Waals surface area contributed by atoms with Crippen molar-refractivity contribution in [1.29, 1.82) is 0 Å². The predicted octanol–water partition coefficient (Wildman–Crippen LogP) is 3.69. The van der Waals surface area contributed by atoms with Gasteiger partial charge in [0, 0.05) is 14.6 Å². The molecule has 0 saturated carbocycles. The molecule has 122 valence electrons. The molecule has 0 saturated heterocycles. The van der Waals surface area contributed by atoms with E-state index in [0.29, 0.717) is 12.2 Å². The van der Waals surface area contributed by atoms with Crippen LogP contribution in [0.5, 0.6) is 0 Å². The minimum Gasteiger partial charge on any atom is -0.382 e. The van der Waals surface area contributed by atoms with Gasteiger partial charge in [-0.15, -0.1) is 5.10 Å².